The lowest BCUT2D eigenvalue weighted by molar-refractivity contribution is -0.118. The third-order valence-corrected chi connectivity index (χ3v) is 4.65. The number of hydrogen-bond acceptors (Lipinski definition) is 3. The largest absolute Gasteiger partial charge is 0.325 e. The van der Waals surface area contributed by atoms with Gasteiger partial charge in [0.1, 0.15) is 0 Å². The van der Waals surface area contributed by atoms with E-state index in [-0.39, 0.29) is 5.91 Å². The third kappa shape index (κ3) is 4.68. The average Bonchev–Trinajstić information content (AvgIpc) is 3.07. The lowest BCUT2D eigenvalue weighted by atomic mass is 9.99. The first kappa shape index (κ1) is 16.7. The Morgan fingerprint density at radius 1 is 1.33 bits per heavy atom. The van der Waals surface area contributed by atoms with Crippen LogP contribution in [0.1, 0.15) is 31.2 Å². The first-order valence-corrected chi connectivity index (χ1v) is 8.79. The third-order valence-electron chi connectivity index (χ3n) is 4.65. The molecular weight excluding hydrogens is 300 g/mol. The smallest absolute Gasteiger partial charge is 0.238 e. The predicted octanol–water partition coefficient (Wildman–Crippen LogP) is 3.07. The summed E-state index contributed by atoms with van der Waals surface area (Å²) in [5.41, 5.74) is 2.04. The van der Waals surface area contributed by atoms with Crippen molar-refractivity contribution in [2.45, 2.75) is 45.2 Å². The van der Waals surface area contributed by atoms with Crippen LogP contribution in [-0.2, 0) is 11.3 Å². The van der Waals surface area contributed by atoms with E-state index in [1.807, 2.05) is 54.3 Å². The Morgan fingerprint density at radius 3 is 3.04 bits per heavy atom. The Bertz CT molecular complexity index is 653. The van der Waals surface area contributed by atoms with Gasteiger partial charge in [-0.05, 0) is 56.5 Å². The summed E-state index contributed by atoms with van der Waals surface area (Å²) in [6, 6.07) is 10.4. The number of rotatable bonds is 6. The van der Waals surface area contributed by atoms with Crippen molar-refractivity contribution in [3.8, 4) is 0 Å². The molecule has 1 aromatic carbocycles. The average molecular weight is 326 g/mol. The monoisotopic (exact) mass is 326 g/mol. The number of nitrogens with one attached hydrogen (secondary N) is 1. The highest BCUT2D eigenvalue weighted by molar-refractivity contribution is 5.92. The van der Waals surface area contributed by atoms with E-state index in [1.165, 1.54) is 19.3 Å². The summed E-state index contributed by atoms with van der Waals surface area (Å²) in [7, 11) is 0. The quantitative estimate of drug-likeness (QED) is 0.887. The van der Waals surface area contributed by atoms with Crippen LogP contribution in [0.15, 0.2) is 42.7 Å². The van der Waals surface area contributed by atoms with Crippen LogP contribution in [-0.4, -0.2) is 39.7 Å². The summed E-state index contributed by atoms with van der Waals surface area (Å²) in [6.07, 6.45) is 8.44. The van der Waals surface area contributed by atoms with Crippen LogP contribution in [0.2, 0.25) is 0 Å². The molecule has 5 heteroatoms. The second-order valence-electron chi connectivity index (χ2n) is 6.60. The number of nitrogens with zero attached hydrogens (tertiary/aromatic N) is 3. The lowest BCUT2D eigenvalue weighted by Gasteiger charge is -2.35. The fourth-order valence-electron chi connectivity index (χ4n) is 3.42. The van der Waals surface area contributed by atoms with Crippen molar-refractivity contribution in [3.05, 3.63) is 48.3 Å². The topological polar surface area (TPSA) is 50.2 Å². The number of aryl methyl sites for hydroxylation is 2. The highest BCUT2D eigenvalue weighted by Gasteiger charge is 2.24. The molecule has 5 nitrogen and oxygen atoms in total. The number of benzene rings is 1. The molecule has 0 bridgehead atoms. The van der Waals surface area contributed by atoms with Gasteiger partial charge in [-0.3, -0.25) is 14.4 Å². The van der Waals surface area contributed by atoms with E-state index in [4.69, 9.17) is 0 Å². The highest BCUT2D eigenvalue weighted by Crippen LogP contribution is 2.20. The van der Waals surface area contributed by atoms with Crippen molar-refractivity contribution in [2.24, 2.45) is 0 Å². The molecule has 1 amide bonds. The molecule has 128 valence electrons. The molecule has 1 aromatic heterocycles. The fraction of sp³-hybridized carbons (Fsp3) is 0.474. The molecule has 0 aliphatic carbocycles. The van der Waals surface area contributed by atoms with Gasteiger partial charge in [0.15, 0.2) is 0 Å². The van der Waals surface area contributed by atoms with Gasteiger partial charge in [-0.1, -0.05) is 18.6 Å². The summed E-state index contributed by atoms with van der Waals surface area (Å²) in [5, 5.41) is 7.29. The van der Waals surface area contributed by atoms with Gasteiger partial charge in [-0.15, -0.1) is 0 Å². The molecule has 0 radical (unpaired) electrons. The van der Waals surface area contributed by atoms with Crippen LogP contribution in [0.25, 0.3) is 0 Å². The zero-order valence-corrected chi connectivity index (χ0v) is 14.3. The minimum absolute atomic E-state index is 0.0755. The number of carbonyl (C=O) groups excluding carboxylic acids is 1. The van der Waals surface area contributed by atoms with E-state index in [0.29, 0.717) is 12.6 Å². The molecule has 2 aromatic rings. The van der Waals surface area contributed by atoms with Gasteiger partial charge in [0.05, 0.1) is 6.54 Å². The summed E-state index contributed by atoms with van der Waals surface area (Å²) < 4.78 is 1.97. The summed E-state index contributed by atoms with van der Waals surface area (Å²) in [6.45, 7) is 4.42. The van der Waals surface area contributed by atoms with E-state index < -0.39 is 0 Å². The van der Waals surface area contributed by atoms with Gasteiger partial charge in [0.2, 0.25) is 5.91 Å². The Morgan fingerprint density at radius 2 is 2.25 bits per heavy atom. The molecule has 1 fully saturated rings. The maximum Gasteiger partial charge on any atom is 0.238 e. The summed E-state index contributed by atoms with van der Waals surface area (Å²) in [5.74, 6) is 0.0755. The number of aromatic nitrogens is 2. The molecule has 0 spiro atoms. The summed E-state index contributed by atoms with van der Waals surface area (Å²) in [4.78, 5) is 14.7. The molecule has 1 unspecified atom stereocenters. The number of carbonyl (C=O) groups is 1. The van der Waals surface area contributed by atoms with Crippen LogP contribution in [0.4, 0.5) is 5.69 Å². The second-order valence-corrected chi connectivity index (χ2v) is 6.60. The molecule has 1 N–H and O–H groups in total. The van der Waals surface area contributed by atoms with Crippen LogP contribution < -0.4 is 5.32 Å². The maximum absolute atomic E-state index is 12.4. The van der Waals surface area contributed by atoms with Crippen molar-refractivity contribution >= 4 is 11.6 Å². The van der Waals surface area contributed by atoms with Crippen LogP contribution in [0.5, 0.6) is 0 Å². The first-order chi connectivity index (χ1) is 11.7. The SMILES string of the molecule is Cc1cccc(NC(=O)CN2CCCCC2CCn2cccn2)c1. The van der Waals surface area contributed by atoms with Gasteiger partial charge < -0.3 is 5.32 Å². The first-order valence-electron chi connectivity index (χ1n) is 8.79. The van der Waals surface area contributed by atoms with E-state index in [9.17, 15) is 4.79 Å². The van der Waals surface area contributed by atoms with Gasteiger partial charge in [0, 0.05) is 30.7 Å². The minimum Gasteiger partial charge on any atom is -0.325 e. The fourth-order valence-corrected chi connectivity index (χ4v) is 3.42. The second kappa shape index (κ2) is 8.11. The molecule has 1 saturated heterocycles. The maximum atomic E-state index is 12.4. The van der Waals surface area contributed by atoms with E-state index in [1.54, 1.807) is 0 Å². The molecule has 0 saturated carbocycles. The number of likely N-dealkylation sites (tertiary alicyclic amines) is 1. The lowest BCUT2D eigenvalue weighted by Crippen LogP contribution is -2.44. The number of anilines is 1. The Labute approximate surface area is 143 Å². The molecule has 1 aliphatic rings. The molecule has 1 atom stereocenters. The van der Waals surface area contributed by atoms with Gasteiger partial charge in [0.25, 0.3) is 0 Å². The van der Waals surface area contributed by atoms with Crippen LogP contribution >= 0.6 is 0 Å². The summed E-state index contributed by atoms with van der Waals surface area (Å²) >= 11 is 0. The van der Waals surface area contributed by atoms with E-state index in [2.05, 4.69) is 15.3 Å². The van der Waals surface area contributed by atoms with Crippen molar-refractivity contribution in [3.63, 3.8) is 0 Å². The van der Waals surface area contributed by atoms with Crippen LogP contribution in [0, 0.1) is 6.92 Å². The normalized spacial score (nSPS) is 18.5. The number of piperidine rings is 1. The molecular formula is C19H26N4O. The predicted molar refractivity (Wildman–Crippen MR) is 95.9 cm³/mol. The Balaban J connectivity index is 1.53. The zero-order valence-electron chi connectivity index (χ0n) is 14.3. The number of amides is 1. The van der Waals surface area contributed by atoms with Crippen LogP contribution in [0.3, 0.4) is 0 Å². The van der Waals surface area contributed by atoms with Crippen molar-refractivity contribution < 1.29 is 4.79 Å². The standard InChI is InChI=1S/C19H26N4O/c1-16-6-4-7-17(14-16)21-19(24)15-22-11-3-2-8-18(22)9-13-23-12-5-10-20-23/h4-7,10,12,14,18H,2-3,8-9,11,13,15H2,1H3,(H,21,24). The minimum atomic E-state index is 0.0755. The molecule has 2 heterocycles. The van der Waals surface area contributed by atoms with E-state index >= 15 is 0 Å². The van der Waals surface area contributed by atoms with Gasteiger partial charge in [-0.2, -0.15) is 5.10 Å². The van der Waals surface area contributed by atoms with Crippen molar-refractivity contribution in [2.75, 3.05) is 18.4 Å². The zero-order chi connectivity index (χ0) is 16.8. The Hall–Kier alpha value is -2.14. The molecule has 24 heavy (non-hydrogen) atoms. The van der Waals surface area contributed by atoms with Gasteiger partial charge >= 0.3 is 0 Å². The van der Waals surface area contributed by atoms with Gasteiger partial charge in [-0.25, -0.2) is 0 Å². The van der Waals surface area contributed by atoms with Crippen molar-refractivity contribution in [1.29, 1.82) is 0 Å². The van der Waals surface area contributed by atoms with E-state index in [0.717, 1.165) is 30.8 Å². The Kier molecular flexibility index (Phi) is 5.64. The molecule has 1 aliphatic heterocycles. The molecule has 3 rings (SSSR count). The van der Waals surface area contributed by atoms with Crippen molar-refractivity contribution in [1.82, 2.24) is 14.7 Å². The number of hydrogen-bond donors (Lipinski definition) is 1. The highest BCUT2D eigenvalue weighted by atomic mass is 16.2.